The summed E-state index contributed by atoms with van der Waals surface area (Å²) in [7, 11) is 0. The van der Waals surface area contributed by atoms with Crippen molar-refractivity contribution >= 4 is 17.3 Å². The highest BCUT2D eigenvalue weighted by molar-refractivity contribution is 7.08. The van der Waals surface area contributed by atoms with Gasteiger partial charge in [0.25, 0.3) is 0 Å². The zero-order valence-corrected chi connectivity index (χ0v) is 11.7. The molecule has 1 rings (SSSR count). The lowest BCUT2D eigenvalue weighted by Gasteiger charge is -2.00. The second kappa shape index (κ2) is 8.34. The maximum absolute atomic E-state index is 12.0. The Bertz CT molecular complexity index is 336. The maximum atomic E-state index is 12.0. The number of Topliss-reactive ketones (excluding diaryl/α,β-unsaturated/α-hetero) is 1. The lowest BCUT2D eigenvalue weighted by atomic mass is 10.1. The zero-order valence-electron chi connectivity index (χ0n) is 10.9. The molecule has 1 aromatic heterocycles. The van der Waals surface area contributed by atoms with Crippen molar-refractivity contribution in [1.82, 2.24) is 9.59 Å². The van der Waals surface area contributed by atoms with E-state index in [4.69, 9.17) is 0 Å². The summed E-state index contributed by atoms with van der Waals surface area (Å²) in [6.07, 6.45) is 8.47. The highest BCUT2D eigenvalue weighted by atomic mass is 32.1. The molecule has 1 heterocycles. The van der Waals surface area contributed by atoms with Gasteiger partial charge in [0.1, 0.15) is 4.88 Å². The van der Waals surface area contributed by atoms with E-state index in [2.05, 4.69) is 23.4 Å². The van der Waals surface area contributed by atoms with E-state index in [1.165, 1.54) is 30.8 Å². The van der Waals surface area contributed by atoms with E-state index in [0.29, 0.717) is 6.42 Å². The molecule has 0 aromatic carbocycles. The van der Waals surface area contributed by atoms with Crippen LogP contribution in [0.25, 0.3) is 0 Å². The first-order valence-corrected chi connectivity index (χ1v) is 7.41. The molecule has 0 aliphatic rings. The van der Waals surface area contributed by atoms with Gasteiger partial charge in [-0.2, -0.15) is 0 Å². The van der Waals surface area contributed by atoms with Crippen molar-refractivity contribution in [1.29, 1.82) is 0 Å². The molecule has 17 heavy (non-hydrogen) atoms. The summed E-state index contributed by atoms with van der Waals surface area (Å²) >= 11 is 1.26. The van der Waals surface area contributed by atoms with Gasteiger partial charge in [0.15, 0.2) is 5.78 Å². The maximum Gasteiger partial charge on any atom is 0.176 e. The number of aromatic nitrogens is 2. The topological polar surface area (TPSA) is 42.9 Å². The van der Waals surface area contributed by atoms with Crippen molar-refractivity contribution < 1.29 is 4.79 Å². The molecule has 0 atom stereocenters. The molecule has 0 radical (unpaired) electrons. The minimum Gasteiger partial charge on any atom is -0.293 e. The summed E-state index contributed by atoms with van der Waals surface area (Å²) in [6.45, 7) is 4.30. The molecular formula is C13H22N2OS. The molecule has 0 aliphatic heterocycles. The summed E-state index contributed by atoms with van der Waals surface area (Å²) in [5.41, 5.74) is 0.899. The number of ketones is 1. The van der Waals surface area contributed by atoms with Crippen LogP contribution in [-0.4, -0.2) is 15.4 Å². The SMILES string of the molecule is CCCCCCCC(=O)c1snnc1CCC. The van der Waals surface area contributed by atoms with E-state index in [1.807, 2.05) is 0 Å². The van der Waals surface area contributed by atoms with Gasteiger partial charge < -0.3 is 0 Å². The van der Waals surface area contributed by atoms with Crippen LogP contribution in [0.15, 0.2) is 0 Å². The predicted octanol–water partition coefficient (Wildman–Crippen LogP) is 4.03. The Morgan fingerprint density at radius 2 is 1.88 bits per heavy atom. The summed E-state index contributed by atoms with van der Waals surface area (Å²) in [5, 5.41) is 4.03. The van der Waals surface area contributed by atoms with Crippen molar-refractivity contribution in [2.24, 2.45) is 0 Å². The van der Waals surface area contributed by atoms with Crippen molar-refractivity contribution in [3.8, 4) is 0 Å². The summed E-state index contributed by atoms with van der Waals surface area (Å²) in [5.74, 6) is 0.236. The van der Waals surface area contributed by atoms with Gasteiger partial charge in [-0.15, -0.1) is 5.10 Å². The van der Waals surface area contributed by atoms with Gasteiger partial charge in [0.05, 0.1) is 5.69 Å². The van der Waals surface area contributed by atoms with Crippen LogP contribution in [0.5, 0.6) is 0 Å². The Morgan fingerprint density at radius 1 is 1.12 bits per heavy atom. The molecule has 96 valence electrons. The minimum absolute atomic E-state index is 0.236. The van der Waals surface area contributed by atoms with Crippen LogP contribution >= 0.6 is 11.5 Å². The Kier molecular flexibility index (Phi) is 7.01. The van der Waals surface area contributed by atoms with Gasteiger partial charge >= 0.3 is 0 Å². The molecule has 0 bridgehead atoms. The van der Waals surface area contributed by atoms with Gasteiger partial charge in [0.2, 0.25) is 0 Å². The number of hydrogen-bond donors (Lipinski definition) is 0. The number of aryl methyl sites for hydroxylation is 1. The second-order valence-corrected chi connectivity index (χ2v) is 5.14. The van der Waals surface area contributed by atoms with E-state index in [0.717, 1.165) is 36.3 Å². The van der Waals surface area contributed by atoms with Gasteiger partial charge in [-0.1, -0.05) is 50.4 Å². The first-order valence-electron chi connectivity index (χ1n) is 6.64. The van der Waals surface area contributed by atoms with Gasteiger partial charge in [-0.3, -0.25) is 4.79 Å². The molecule has 0 spiro atoms. The van der Waals surface area contributed by atoms with E-state index in [-0.39, 0.29) is 5.78 Å². The fourth-order valence-electron chi connectivity index (χ4n) is 1.82. The lowest BCUT2D eigenvalue weighted by Crippen LogP contribution is -2.01. The first-order chi connectivity index (χ1) is 8.29. The molecule has 0 aliphatic carbocycles. The summed E-state index contributed by atoms with van der Waals surface area (Å²) in [4.78, 5) is 12.8. The van der Waals surface area contributed by atoms with Gasteiger partial charge in [0, 0.05) is 6.42 Å². The number of hydrogen-bond acceptors (Lipinski definition) is 4. The van der Waals surface area contributed by atoms with Crippen LogP contribution < -0.4 is 0 Å². The molecule has 4 heteroatoms. The molecule has 0 fully saturated rings. The van der Waals surface area contributed by atoms with Crippen molar-refractivity contribution in [2.45, 2.75) is 65.2 Å². The fourth-order valence-corrected chi connectivity index (χ4v) is 2.50. The first kappa shape index (κ1) is 14.3. The molecule has 0 saturated heterocycles. The van der Waals surface area contributed by atoms with E-state index in [9.17, 15) is 4.79 Å². The molecule has 3 nitrogen and oxygen atoms in total. The summed E-state index contributed by atoms with van der Waals surface area (Å²) < 4.78 is 3.89. The molecule has 0 saturated carbocycles. The van der Waals surface area contributed by atoms with Crippen LogP contribution in [0.3, 0.4) is 0 Å². The Hall–Kier alpha value is -0.770. The molecule has 0 amide bonds. The normalized spacial score (nSPS) is 10.7. The Balaban J connectivity index is 2.33. The third-order valence-corrected chi connectivity index (χ3v) is 3.61. The Labute approximate surface area is 108 Å². The highest BCUT2D eigenvalue weighted by Crippen LogP contribution is 2.17. The highest BCUT2D eigenvalue weighted by Gasteiger charge is 2.14. The number of unbranched alkanes of at least 4 members (excludes halogenated alkanes) is 4. The lowest BCUT2D eigenvalue weighted by molar-refractivity contribution is 0.0982. The molecule has 1 aromatic rings. The number of carbonyl (C=O) groups is 1. The number of nitrogens with zero attached hydrogens (tertiary/aromatic N) is 2. The quantitative estimate of drug-likeness (QED) is 0.493. The average Bonchev–Trinajstić information content (AvgIpc) is 2.77. The smallest absolute Gasteiger partial charge is 0.176 e. The third kappa shape index (κ3) is 4.94. The van der Waals surface area contributed by atoms with Crippen LogP contribution in [-0.2, 0) is 6.42 Å². The van der Waals surface area contributed by atoms with Crippen LogP contribution in [0.4, 0.5) is 0 Å². The zero-order chi connectivity index (χ0) is 12.5. The van der Waals surface area contributed by atoms with Crippen LogP contribution in [0, 0.1) is 0 Å². The Morgan fingerprint density at radius 3 is 2.59 bits per heavy atom. The standard InChI is InChI=1S/C13H22N2OS/c1-3-5-6-7-8-10-12(16)13-11(9-4-2)14-15-17-13/h3-10H2,1-2H3. The second-order valence-electron chi connectivity index (χ2n) is 4.39. The number of carbonyl (C=O) groups excluding carboxylic acids is 1. The van der Waals surface area contributed by atoms with Gasteiger partial charge in [-0.05, 0) is 24.4 Å². The monoisotopic (exact) mass is 254 g/mol. The molecule has 0 N–H and O–H groups in total. The van der Waals surface area contributed by atoms with Crippen molar-refractivity contribution in [2.75, 3.05) is 0 Å². The fraction of sp³-hybridized carbons (Fsp3) is 0.769. The third-order valence-electron chi connectivity index (χ3n) is 2.80. The summed E-state index contributed by atoms with van der Waals surface area (Å²) in [6, 6.07) is 0. The van der Waals surface area contributed by atoms with Crippen molar-refractivity contribution in [3.63, 3.8) is 0 Å². The van der Waals surface area contributed by atoms with Gasteiger partial charge in [-0.25, -0.2) is 0 Å². The van der Waals surface area contributed by atoms with Crippen LogP contribution in [0.1, 0.15) is 74.2 Å². The number of rotatable bonds is 9. The molecular weight excluding hydrogens is 232 g/mol. The van der Waals surface area contributed by atoms with E-state index >= 15 is 0 Å². The average molecular weight is 254 g/mol. The van der Waals surface area contributed by atoms with E-state index in [1.54, 1.807) is 0 Å². The molecule has 0 unspecified atom stereocenters. The minimum atomic E-state index is 0.236. The predicted molar refractivity (Wildman–Crippen MR) is 71.6 cm³/mol. The largest absolute Gasteiger partial charge is 0.293 e. The van der Waals surface area contributed by atoms with Crippen molar-refractivity contribution in [3.05, 3.63) is 10.6 Å². The van der Waals surface area contributed by atoms with Crippen LogP contribution in [0.2, 0.25) is 0 Å². The van der Waals surface area contributed by atoms with E-state index < -0.39 is 0 Å².